The Labute approximate surface area is 79.7 Å². The van der Waals surface area contributed by atoms with Gasteiger partial charge in [-0.1, -0.05) is 0 Å². The molecule has 0 spiro atoms. The highest BCUT2D eigenvalue weighted by Crippen LogP contribution is 2.28. The summed E-state index contributed by atoms with van der Waals surface area (Å²) in [4.78, 5) is 0. The van der Waals surface area contributed by atoms with Gasteiger partial charge in [0.25, 0.3) is 0 Å². The first-order valence-electron chi connectivity index (χ1n) is 4.12. The summed E-state index contributed by atoms with van der Waals surface area (Å²) in [5, 5.41) is 3.84. The number of halogens is 3. The van der Waals surface area contributed by atoms with Crippen molar-refractivity contribution in [3.63, 3.8) is 0 Å². The van der Waals surface area contributed by atoms with Crippen molar-refractivity contribution in [1.29, 1.82) is 0 Å². The van der Waals surface area contributed by atoms with Crippen molar-refractivity contribution in [2.24, 2.45) is 12.8 Å². The Morgan fingerprint density at radius 1 is 1.57 bits per heavy atom. The van der Waals surface area contributed by atoms with Crippen LogP contribution in [0.5, 0.6) is 0 Å². The molecule has 0 bridgehead atoms. The Morgan fingerprint density at radius 3 is 2.50 bits per heavy atom. The van der Waals surface area contributed by atoms with Gasteiger partial charge in [-0.15, -0.1) is 0 Å². The van der Waals surface area contributed by atoms with Gasteiger partial charge in [-0.05, 0) is 12.5 Å². The summed E-state index contributed by atoms with van der Waals surface area (Å²) in [6, 6.07) is -1.04. The van der Waals surface area contributed by atoms with Crippen LogP contribution in [0.1, 0.15) is 23.7 Å². The van der Waals surface area contributed by atoms with Crippen molar-refractivity contribution in [3.05, 3.63) is 17.5 Å². The van der Waals surface area contributed by atoms with Crippen LogP contribution in [0, 0.1) is 6.92 Å². The smallest absolute Gasteiger partial charge is 0.322 e. The van der Waals surface area contributed by atoms with E-state index < -0.39 is 18.6 Å². The molecule has 80 valence electrons. The van der Waals surface area contributed by atoms with E-state index in [1.807, 2.05) is 0 Å². The maximum atomic E-state index is 12.1. The first kappa shape index (κ1) is 11.0. The van der Waals surface area contributed by atoms with E-state index in [4.69, 9.17) is 5.73 Å². The van der Waals surface area contributed by atoms with Crippen molar-refractivity contribution in [3.8, 4) is 0 Å². The van der Waals surface area contributed by atoms with Crippen LogP contribution in [0.4, 0.5) is 13.2 Å². The first-order valence-corrected chi connectivity index (χ1v) is 4.12. The first-order chi connectivity index (χ1) is 6.31. The number of nitrogens with two attached hydrogens (primary N) is 1. The highest BCUT2D eigenvalue weighted by molar-refractivity contribution is 5.19. The predicted octanol–water partition coefficient (Wildman–Crippen LogP) is 1.68. The van der Waals surface area contributed by atoms with Crippen molar-refractivity contribution >= 4 is 0 Å². The molecule has 0 saturated heterocycles. The molecule has 1 heterocycles. The van der Waals surface area contributed by atoms with Gasteiger partial charge in [0.1, 0.15) is 0 Å². The van der Waals surface area contributed by atoms with Gasteiger partial charge >= 0.3 is 6.18 Å². The fourth-order valence-corrected chi connectivity index (χ4v) is 1.44. The third-order valence-electron chi connectivity index (χ3n) is 1.98. The monoisotopic (exact) mass is 207 g/mol. The van der Waals surface area contributed by atoms with E-state index in [2.05, 4.69) is 5.10 Å². The maximum absolute atomic E-state index is 12.1. The molecular weight excluding hydrogens is 195 g/mol. The molecule has 6 heteroatoms. The molecule has 1 aromatic rings. The third-order valence-corrected chi connectivity index (χ3v) is 1.98. The SMILES string of the molecule is Cc1cnn(C)c1C(N)CC(F)(F)F. The minimum absolute atomic E-state index is 0.433. The van der Waals surface area contributed by atoms with Crippen LogP contribution < -0.4 is 5.73 Å². The molecule has 1 aromatic heterocycles. The predicted molar refractivity (Wildman–Crippen MR) is 45.5 cm³/mol. The second-order valence-corrected chi connectivity index (χ2v) is 3.26. The average Bonchev–Trinajstić information content (AvgIpc) is 2.27. The van der Waals surface area contributed by atoms with E-state index in [0.29, 0.717) is 11.3 Å². The second-order valence-electron chi connectivity index (χ2n) is 3.26. The van der Waals surface area contributed by atoms with Crippen LogP contribution in [0.3, 0.4) is 0 Å². The lowest BCUT2D eigenvalue weighted by molar-refractivity contribution is -0.138. The van der Waals surface area contributed by atoms with E-state index >= 15 is 0 Å². The van der Waals surface area contributed by atoms with Gasteiger partial charge in [-0.25, -0.2) is 0 Å². The van der Waals surface area contributed by atoms with E-state index in [-0.39, 0.29) is 0 Å². The fourth-order valence-electron chi connectivity index (χ4n) is 1.44. The number of aryl methyl sites for hydroxylation is 2. The molecule has 0 radical (unpaired) electrons. The highest BCUT2D eigenvalue weighted by Gasteiger charge is 2.32. The number of aromatic nitrogens is 2. The van der Waals surface area contributed by atoms with Crippen molar-refractivity contribution in [2.45, 2.75) is 25.6 Å². The molecule has 1 rings (SSSR count). The van der Waals surface area contributed by atoms with Crippen molar-refractivity contribution in [1.82, 2.24) is 9.78 Å². The van der Waals surface area contributed by atoms with Crippen LogP contribution in [0.15, 0.2) is 6.20 Å². The summed E-state index contributed by atoms with van der Waals surface area (Å²) in [5.74, 6) is 0. The number of hydrogen-bond donors (Lipinski definition) is 1. The Hall–Kier alpha value is -1.04. The largest absolute Gasteiger partial charge is 0.390 e. The molecule has 3 nitrogen and oxygen atoms in total. The molecule has 1 atom stereocenters. The number of hydrogen-bond acceptors (Lipinski definition) is 2. The summed E-state index contributed by atoms with van der Waals surface area (Å²) in [6.07, 6.45) is -3.75. The van der Waals surface area contributed by atoms with E-state index in [9.17, 15) is 13.2 Å². The van der Waals surface area contributed by atoms with Crippen LogP contribution in [0.2, 0.25) is 0 Å². The lowest BCUT2D eigenvalue weighted by atomic mass is 10.1. The second kappa shape index (κ2) is 3.61. The summed E-state index contributed by atoms with van der Waals surface area (Å²) >= 11 is 0. The van der Waals surface area contributed by atoms with E-state index in [1.54, 1.807) is 14.0 Å². The number of nitrogens with zero attached hydrogens (tertiary/aromatic N) is 2. The van der Waals surface area contributed by atoms with Gasteiger partial charge in [-0.2, -0.15) is 18.3 Å². The summed E-state index contributed by atoms with van der Waals surface area (Å²) < 4.78 is 37.5. The Morgan fingerprint density at radius 2 is 2.14 bits per heavy atom. The van der Waals surface area contributed by atoms with Crippen LogP contribution in [-0.2, 0) is 7.05 Å². The van der Waals surface area contributed by atoms with Gasteiger partial charge in [-0.3, -0.25) is 4.68 Å². The molecule has 2 N–H and O–H groups in total. The average molecular weight is 207 g/mol. The standard InChI is InChI=1S/C8H12F3N3/c1-5-4-13-14(2)7(5)6(12)3-8(9,10)11/h4,6H,3,12H2,1-2H3. The number of alkyl halides is 3. The van der Waals surface area contributed by atoms with Gasteiger partial charge in [0, 0.05) is 7.05 Å². The van der Waals surface area contributed by atoms with Gasteiger partial charge < -0.3 is 5.73 Å². The van der Waals surface area contributed by atoms with Gasteiger partial charge in [0.15, 0.2) is 0 Å². The summed E-state index contributed by atoms with van der Waals surface area (Å²) in [6.45, 7) is 1.69. The summed E-state index contributed by atoms with van der Waals surface area (Å²) in [7, 11) is 1.58. The van der Waals surface area contributed by atoms with Gasteiger partial charge in [0.05, 0.1) is 24.4 Å². The highest BCUT2D eigenvalue weighted by atomic mass is 19.4. The van der Waals surface area contributed by atoms with Crippen LogP contribution in [-0.4, -0.2) is 16.0 Å². The minimum Gasteiger partial charge on any atom is -0.322 e. The topological polar surface area (TPSA) is 43.8 Å². The lowest BCUT2D eigenvalue weighted by Gasteiger charge is -2.15. The molecule has 0 aromatic carbocycles. The molecule has 1 unspecified atom stereocenters. The summed E-state index contributed by atoms with van der Waals surface area (Å²) in [5.41, 5.74) is 6.56. The molecular formula is C8H12F3N3. The van der Waals surface area contributed by atoms with Crippen LogP contribution >= 0.6 is 0 Å². The zero-order valence-electron chi connectivity index (χ0n) is 7.97. The lowest BCUT2D eigenvalue weighted by Crippen LogP contribution is -2.23. The molecule has 0 fully saturated rings. The quantitative estimate of drug-likeness (QED) is 0.801. The van der Waals surface area contributed by atoms with Crippen molar-refractivity contribution < 1.29 is 13.2 Å². The molecule has 0 amide bonds. The molecule has 0 aliphatic rings. The number of rotatable bonds is 2. The Balaban J connectivity index is 2.84. The van der Waals surface area contributed by atoms with Crippen molar-refractivity contribution in [2.75, 3.05) is 0 Å². The molecule has 0 saturated carbocycles. The van der Waals surface area contributed by atoms with E-state index in [1.165, 1.54) is 10.9 Å². The normalized spacial score (nSPS) is 14.4. The Bertz CT molecular complexity index is 297. The molecule has 14 heavy (non-hydrogen) atoms. The van der Waals surface area contributed by atoms with Crippen LogP contribution in [0.25, 0.3) is 0 Å². The zero-order valence-corrected chi connectivity index (χ0v) is 7.97. The van der Waals surface area contributed by atoms with E-state index in [0.717, 1.165) is 0 Å². The van der Waals surface area contributed by atoms with Gasteiger partial charge in [0.2, 0.25) is 0 Å². The zero-order chi connectivity index (χ0) is 10.9. The molecule has 0 aliphatic carbocycles. The Kier molecular flexibility index (Phi) is 2.84. The molecule has 0 aliphatic heterocycles. The fraction of sp³-hybridized carbons (Fsp3) is 0.625. The minimum atomic E-state index is -4.24. The third kappa shape index (κ3) is 2.47. The maximum Gasteiger partial charge on any atom is 0.390 e.